The summed E-state index contributed by atoms with van der Waals surface area (Å²) in [6.07, 6.45) is 3.23. The van der Waals surface area contributed by atoms with Crippen LogP contribution >= 0.6 is 0 Å². The molecule has 1 rings (SSSR count). The number of nitrogens with one attached hydrogen (secondary N) is 1. The molecule has 0 aliphatic carbocycles. The zero-order valence-corrected chi connectivity index (χ0v) is 13.1. The van der Waals surface area contributed by atoms with Gasteiger partial charge in [-0.15, -0.1) is 0 Å². The van der Waals surface area contributed by atoms with Crippen molar-refractivity contribution in [1.82, 2.24) is 15.2 Å². The Morgan fingerprint density at radius 2 is 1.95 bits per heavy atom. The topological polar surface area (TPSA) is 28.2 Å². The fourth-order valence-electron chi connectivity index (χ4n) is 1.81. The molecule has 0 atom stereocenters. The van der Waals surface area contributed by atoms with E-state index in [4.69, 9.17) is 0 Å². The van der Waals surface area contributed by atoms with E-state index in [9.17, 15) is 0 Å². The van der Waals surface area contributed by atoms with E-state index in [-0.39, 0.29) is 0 Å². The molecule has 19 heavy (non-hydrogen) atoms. The molecule has 0 aliphatic heterocycles. The van der Waals surface area contributed by atoms with Crippen LogP contribution in [0, 0.1) is 5.92 Å². The summed E-state index contributed by atoms with van der Waals surface area (Å²) < 4.78 is 0. The first-order valence-electron chi connectivity index (χ1n) is 7.33. The van der Waals surface area contributed by atoms with E-state index in [2.05, 4.69) is 62.1 Å². The van der Waals surface area contributed by atoms with Gasteiger partial charge >= 0.3 is 0 Å². The maximum atomic E-state index is 4.54. The minimum atomic E-state index is 0.516. The van der Waals surface area contributed by atoms with Gasteiger partial charge in [-0.2, -0.15) is 0 Å². The number of aromatic nitrogens is 1. The molecule has 0 unspecified atom stereocenters. The Balaban J connectivity index is 2.39. The van der Waals surface area contributed by atoms with Crippen LogP contribution in [0.25, 0.3) is 0 Å². The SMILES string of the molecule is CC(C)CCN(C)Cc1ccc(CNC(C)C)cn1. The molecule has 0 spiro atoms. The lowest BCUT2D eigenvalue weighted by atomic mass is 10.1. The lowest BCUT2D eigenvalue weighted by molar-refractivity contribution is 0.300. The third-order valence-corrected chi connectivity index (χ3v) is 3.12. The average Bonchev–Trinajstić information content (AvgIpc) is 2.35. The summed E-state index contributed by atoms with van der Waals surface area (Å²) in [5.41, 5.74) is 2.40. The van der Waals surface area contributed by atoms with Crippen LogP contribution in [0.5, 0.6) is 0 Å². The Labute approximate surface area is 118 Å². The normalized spacial score (nSPS) is 11.8. The van der Waals surface area contributed by atoms with Crippen LogP contribution < -0.4 is 5.32 Å². The molecule has 0 aromatic carbocycles. The predicted molar refractivity (Wildman–Crippen MR) is 82.0 cm³/mol. The quantitative estimate of drug-likeness (QED) is 0.781. The van der Waals surface area contributed by atoms with Gasteiger partial charge in [0.05, 0.1) is 5.69 Å². The fourth-order valence-corrected chi connectivity index (χ4v) is 1.81. The zero-order chi connectivity index (χ0) is 14.3. The van der Waals surface area contributed by atoms with Crippen molar-refractivity contribution >= 4 is 0 Å². The molecule has 1 heterocycles. The molecule has 1 aromatic rings. The van der Waals surface area contributed by atoms with Crippen LogP contribution in [0.2, 0.25) is 0 Å². The number of hydrogen-bond donors (Lipinski definition) is 1. The minimum absolute atomic E-state index is 0.516. The third-order valence-electron chi connectivity index (χ3n) is 3.12. The van der Waals surface area contributed by atoms with Crippen LogP contribution in [-0.2, 0) is 13.1 Å². The molecule has 1 N–H and O–H groups in total. The van der Waals surface area contributed by atoms with Gasteiger partial charge < -0.3 is 10.2 Å². The van der Waals surface area contributed by atoms with E-state index in [0.29, 0.717) is 6.04 Å². The van der Waals surface area contributed by atoms with Crippen LogP contribution in [-0.4, -0.2) is 29.5 Å². The van der Waals surface area contributed by atoms with Crippen molar-refractivity contribution in [3.8, 4) is 0 Å². The molecule has 0 bridgehead atoms. The summed E-state index contributed by atoms with van der Waals surface area (Å²) in [6, 6.07) is 4.83. The van der Waals surface area contributed by atoms with Gasteiger partial charge in [0.1, 0.15) is 0 Å². The average molecular weight is 263 g/mol. The predicted octanol–water partition coefficient (Wildman–Crippen LogP) is 3.06. The van der Waals surface area contributed by atoms with Crippen LogP contribution in [0.4, 0.5) is 0 Å². The molecule has 0 aliphatic rings. The Bertz CT molecular complexity index is 344. The van der Waals surface area contributed by atoms with E-state index < -0.39 is 0 Å². The van der Waals surface area contributed by atoms with Gasteiger partial charge in [0, 0.05) is 25.3 Å². The van der Waals surface area contributed by atoms with Crippen LogP contribution in [0.1, 0.15) is 45.4 Å². The zero-order valence-electron chi connectivity index (χ0n) is 13.1. The van der Waals surface area contributed by atoms with E-state index in [1.54, 1.807) is 0 Å². The molecular formula is C16H29N3. The molecule has 0 amide bonds. The second-order valence-corrected chi connectivity index (χ2v) is 6.11. The minimum Gasteiger partial charge on any atom is -0.310 e. The fraction of sp³-hybridized carbons (Fsp3) is 0.688. The van der Waals surface area contributed by atoms with Crippen LogP contribution in [0.15, 0.2) is 18.3 Å². The lowest BCUT2D eigenvalue weighted by Gasteiger charge is -2.17. The number of rotatable bonds is 8. The lowest BCUT2D eigenvalue weighted by Crippen LogP contribution is -2.22. The molecule has 3 nitrogen and oxygen atoms in total. The molecule has 3 heteroatoms. The molecule has 0 radical (unpaired) electrons. The van der Waals surface area contributed by atoms with Crippen molar-refractivity contribution in [2.45, 2.75) is 53.2 Å². The largest absolute Gasteiger partial charge is 0.310 e. The number of hydrogen-bond acceptors (Lipinski definition) is 3. The van der Waals surface area contributed by atoms with E-state index in [1.807, 2.05) is 6.20 Å². The Morgan fingerprint density at radius 1 is 1.21 bits per heavy atom. The molecule has 1 aromatic heterocycles. The van der Waals surface area contributed by atoms with Crippen molar-refractivity contribution in [3.05, 3.63) is 29.6 Å². The van der Waals surface area contributed by atoms with E-state index in [0.717, 1.165) is 31.2 Å². The van der Waals surface area contributed by atoms with E-state index >= 15 is 0 Å². The van der Waals surface area contributed by atoms with Crippen molar-refractivity contribution in [3.63, 3.8) is 0 Å². The van der Waals surface area contributed by atoms with Gasteiger partial charge in [0.15, 0.2) is 0 Å². The van der Waals surface area contributed by atoms with Crippen LogP contribution in [0.3, 0.4) is 0 Å². The maximum absolute atomic E-state index is 4.54. The summed E-state index contributed by atoms with van der Waals surface area (Å²) in [6.45, 7) is 11.8. The first-order valence-corrected chi connectivity index (χ1v) is 7.33. The van der Waals surface area contributed by atoms with Gasteiger partial charge in [0.25, 0.3) is 0 Å². The second kappa shape index (κ2) is 8.28. The number of pyridine rings is 1. The summed E-state index contributed by atoms with van der Waals surface area (Å²) in [5.74, 6) is 0.764. The molecule has 0 saturated carbocycles. The van der Waals surface area contributed by atoms with E-state index in [1.165, 1.54) is 12.0 Å². The second-order valence-electron chi connectivity index (χ2n) is 6.11. The number of nitrogens with zero attached hydrogens (tertiary/aromatic N) is 2. The Morgan fingerprint density at radius 3 is 2.47 bits per heavy atom. The summed E-state index contributed by atoms with van der Waals surface area (Å²) in [7, 11) is 2.16. The summed E-state index contributed by atoms with van der Waals surface area (Å²) in [5, 5.41) is 3.40. The smallest absolute Gasteiger partial charge is 0.0544 e. The Kier molecular flexibility index (Phi) is 7.03. The summed E-state index contributed by atoms with van der Waals surface area (Å²) >= 11 is 0. The highest BCUT2D eigenvalue weighted by Crippen LogP contribution is 2.06. The van der Waals surface area contributed by atoms with Crippen molar-refractivity contribution in [2.24, 2.45) is 5.92 Å². The van der Waals surface area contributed by atoms with Gasteiger partial charge in [-0.1, -0.05) is 33.8 Å². The highest BCUT2D eigenvalue weighted by molar-refractivity contribution is 5.14. The highest BCUT2D eigenvalue weighted by Gasteiger charge is 2.03. The first kappa shape index (κ1) is 16.1. The van der Waals surface area contributed by atoms with Crippen molar-refractivity contribution < 1.29 is 0 Å². The van der Waals surface area contributed by atoms with Crippen molar-refractivity contribution in [2.75, 3.05) is 13.6 Å². The Hall–Kier alpha value is -0.930. The molecule has 0 saturated heterocycles. The summed E-state index contributed by atoms with van der Waals surface area (Å²) in [4.78, 5) is 6.88. The maximum Gasteiger partial charge on any atom is 0.0544 e. The van der Waals surface area contributed by atoms with Gasteiger partial charge in [-0.05, 0) is 37.6 Å². The van der Waals surface area contributed by atoms with Crippen molar-refractivity contribution in [1.29, 1.82) is 0 Å². The molecular weight excluding hydrogens is 234 g/mol. The first-order chi connectivity index (χ1) is 8.97. The highest BCUT2D eigenvalue weighted by atomic mass is 15.1. The molecule has 0 fully saturated rings. The monoisotopic (exact) mass is 263 g/mol. The molecule has 108 valence electrons. The van der Waals surface area contributed by atoms with Gasteiger partial charge in [-0.25, -0.2) is 0 Å². The van der Waals surface area contributed by atoms with Gasteiger partial charge in [0.2, 0.25) is 0 Å². The van der Waals surface area contributed by atoms with Gasteiger partial charge in [-0.3, -0.25) is 4.98 Å². The standard InChI is InChI=1S/C16H29N3/c1-13(2)8-9-19(5)12-16-7-6-15(11-18-16)10-17-14(3)4/h6-7,11,13-14,17H,8-10,12H2,1-5H3. The third kappa shape index (κ3) is 7.28.